The van der Waals surface area contributed by atoms with Gasteiger partial charge in [-0.05, 0) is 17.0 Å². The van der Waals surface area contributed by atoms with Gasteiger partial charge in [0.15, 0.2) is 0 Å². The van der Waals surface area contributed by atoms with Crippen LogP contribution in [0.5, 0.6) is 0 Å². The zero-order chi connectivity index (χ0) is 9.69. The fraction of sp³-hybridized carbons (Fsp3) is 0.500. The van der Waals surface area contributed by atoms with E-state index in [-0.39, 0.29) is 13.0 Å². The Bertz CT molecular complexity index is 339. The normalized spacial score (nSPS) is 30.5. The molecule has 1 aliphatic carbocycles. The van der Waals surface area contributed by atoms with Crippen LogP contribution >= 0.6 is 22.9 Å². The lowest BCUT2D eigenvalue weighted by molar-refractivity contribution is 0.0897. The van der Waals surface area contributed by atoms with Gasteiger partial charge in [-0.1, -0.05) is 11.6 Å². The molecular weight excluding hydrogens is 216 g/mol. The number of rotatable bonds is 2. The molecule has 1 aliphatic rings. The van der Waals surface area contributed by atoms with Crippen molar-refractivity contribution in [2.75, 3.05) is 6.54 Å². The van der Waals surface area contributed by atoms with Gasteiger partial charge in [0.2, 0.25) is 0 Å². The van der Waals surface area contributed by atoms with Crippen molar-refractivity contribution in [1.82, 2.24) is 0 Å². The molecule has 1 unspecified atom stereocenters. The van der Waals surface area contributed by atoms with Crippen molar-refractivity contribution in [3.63, 3.8) is 0 Å². The fourth-order valence-corrected chi connectivity index (χ4v) is 2.53. The number of thiophene rings is 1. The van der Waals surface area contributed by atoms with Gasteiger partial charge in [-0.25, -0.2) is 8.78 Å². The van der Waals surface area contributed by atoms with Crippen molar-refractivity contribution < 1.29 is 8.78 Å². The minimum Gasteiger partial charge on any atom is -0.329 e. The van der Waals surface area contributed by atoms with Crippen LogP contribution in [0.1, 0.15) is 12.0 Å². The molecule has 2 N–H and O–H groups in total. The first kappa shape index (κ1) is 9.37. The van der Waals surface area contributed by atoms with Crippen LogP contribution in [0.3, 0.4) is 0 Å². The highest BCUT2D eigenvalue weighted by Gasteiger charge is 2.71. The number of nitrogens with two attached hydrogens (primary N) is 1. The van der Waals surface area contributed by atoms with E-state index in [1.807, 2.05) is 0 Å². The molecule has 0 amide bonds. The van der Waals surface area contributed by atoms with E-state index in [1.54, 1.807) is 11.4 Å². The molecule has 1 fully saturated rings. The summed E-state index contributed by atoms with van der Waals surface area (Å²) in [5.74, 6) is -2.65. The van der Waals surface area contributed by atoms with Gasteiger partial charge in [-0.3, -0.25) is 0 Å². The first-order chi connectivity index (χ1) is 6.02. The van der Waals surface area contributed by atoms with E-state index in [4.69, 9.17) is 17.3 Å². The zero-order valence-corrected chi connectivity index (χ0v) is 8.26. The maximum atomic E-state index is 13.0. The Morgan fingerprint density at radius 1 is 1.62 bits per heavy atom. The summed E-state index contributed by atoms with van der Waals surface area (Å²) in [5.41, 5.74) is 4.82. The Morgan fingerprint density at radius 3 is 2.54 bits per heavy atom. The molecule has 1 saturated carbocycles. The molecule has 1 heterocycles. The quantitative estimate of drug-likeness (QED) is 0.820. The molecule has 2 rings (SSSR count). The topological polar surface area (TPSA) is 26.0 Å². The van der Waals surface area contributed by atoms with Gasteiger partial charge < -0.3 is 5.73 Å². The molecule has 0 aromatic carbocycles. The summed E-state index contributed by atoms with van der Waals surface area (Å²) < 4.78 is 26.6. The lowest BCUT2D eigenvalue weighted by Gasteiger charge is -2.10. The highest BCUT2D eigenvalue weighted by Crippen LogP contribution is 2.61. The van der Waals surface area contributed by atoms with Crippen LogP contribution < -0.4 is 5.73 Å². The lowest BCUT2D eigenvalue weighted by Crippen LogP contribution is -2.26. The molecule has 0 saturated heterocycles. The van der Waals surface area contributed by atoms with Crippen molar-refractivity contribution in [3.05, 3.63) is 21.3 Å². The van der Waals surface area contributed by atoms with Gasteiger partial charge in [0.1, 0.15) is 0 Å². The first-order valence-corrected chi connectivity index (χ1v) is 5.10. The summed E-state index contributed by atoms with van der Waals surface area (Å²) in [7, 11) is 0. The summed E-state index contributed by atoms with van der Waals surface area (Å²) in [6.07, 6.45) is -0.149. The molecule has 1 aromatic heterocycles. The van der Waals surface area contributed by atoms with Crippen molar-refractivity contribution >= 4 is 22.9 Å². The van der Waals surface area contributed by atoms with Gasteiger partial charge in [-0.15, -0.1) is 11.3 Å². The molecular formula is C8H8ClF2NS. The van der Waals surface area contributed by atoms with Crippen LogP contribution in [0, 0.1) is 0 Å². The van der Waals surface area contributed by atoms with E-state index < -0.39 is 11.3 Å². The summed E-state index contributed by atoms with van der Waals surface area (Å²) in [6.45, 7) is -0.0208. The second-order valence-corrected chi connectivity index (χ2v) is 4.85. The third-order valence-electron chi connectivity index (χ3n) is 2.57. The maximum Gasteiger partial charge on any atom is 0.260 e. The molecule has 1 atom stereocenters. The Hall–Kier alpha value is -0.190. The van der Waals surface area contributed by atoms with Crippen LogP contribution in [0.25, 0.3) is 0 Å². The molecule has 1 nitrogen and oxygen atoms in total. The molecule has 72 valence electrons. The number of hydrogen-bond donors (Lipinski definition) is 1. The summed E-state index contributed by atoms with van der Waals surface area (Å²) in [5, 5.41) is 1.66. The van der Waals surface area contributed by atoms with Gasteiger partial charge in [-0.2, -0.15) is 0 Å². The number of alkyl halides is 2. The molecule has 1 aromatic rings. The smallest absolute Gasteiger partial charge is 0.260 e. The predicted molar refractivity (Wildman–Crippen MR) is 49.6 cm³/mol. The summed E-state index contributed by atoms with van der Waals surface area (Å²) >= 11 is 6.94. The van der Waals surface area contributed by atoms with Crippen molar-refractivity contribution in [2.24, 2.45) is 5.73 Å². The van der Waals surface area contributed by atoms with Crippen molar-refractivity contribution in [1.29, 1.82) is 0 Å². The average Bonchev–Trinajstić information content (AvgIpc) is 2.43. The fourth-order valence-electron chi connectivity index (χ4n) is 1.55. The molecule has 13 heavy (non-hydrogen) atoms. The van der Waals surface area contributed by atoms with E-state index >= 15 is 0 Å². The van der Waals surface area contributed by atoms with Crippen molar-refractivity contribution in [2.45, 2.75) is 17.8 Å². The van der Waals surface area contributed by atoms with Crippen LogP contribution in [0.2, 0.25) is 4.34 Å². The van der Waals surface area contributed by atoms with E-state index in [2.05, 4.69) is 0 Å². The van der Waals surface area contributed by atoms with E-state index in [0.29, 0.717) is 9.90 Å². The largest absolute Gasteiger partial charge is 0.329 e. The van der Waals surface area contributed by atoms with Gasteiger partial charge >= 0.3 is 0 Å². The zero-order valence-electron chi connectivity index (χ0n) is 6.69. The molecule has 0 radical (unpaired) electrons. The minimum atomic E-state index is -2.65. The molecule has 0 bridgehead atoms. The Balaban J connectivity index is 2.35. The van der Waals surface area contributed by atoms with Gasteiger partial charge in [0.25, 0.3) is 5.92 Å². The maximum absolute atomic E-state index is 13.0. The molecule has 0 spiro atoms. The number of halogens is 3. The van der Waals surface area contributed by atoms with Crippen LogP contribution in [0.4, 0.5) is 8.78 Å². The SMILES string of the molecule is NCC1(c2csc(Cl)c2)CC1(F)F. The monoisotopic (exact) mass is 223 g/mol. The Labute approximate surface area is 83.5 Å². The average molecular weight is 224 g/mol. The summed E-state index contributed by atoms with van der Waals surface area (Å²) in [4.78, 5) is 0. The van der Waals surface area contributed by atoms with Crippen LogP contribution in [-0.4, -0.2) is 12.5 Å². The highest BCUT2D eigenvalue weighted by molar-refractivity contribution is 7.14. The van der Waals surface area contributed by atoms with Crippen molar-refractivity contribution in [3.8, 4) is 0 Å². The molecule has 5 heteroatoms. The highest BCUT2D eigenvalue weighted by atomic mass is 35.5. The lowest BCUT2D eigenvalue weighted by atomic mass is 9.99. The third kappa shape index (κ3) is 1.20. The molecule has 0 aliphatic heterocycles. The van der Waals surface area contributed by atoms with Crippen LogP contribution in [0.15, 0.2) is 11.4 Å². The Kier molecular flexibility index (Phi) is 1.91. The van der Waals surface area contributed by atoms with Gasteiger partial charge in [0.05, 0.1) is 9.75 Å². The van der Waals surface area contributed by atoms with Gasteiger partial charge in [0, 0.05) is 13.0 Å². The first-order valence-electron chi connectivity index (χ1n) is 3.84. The second kappa shape index (κ2) is 2.65. The van der Waals surface area contributed by atoms with E-state index in [9.17, 15) is 8.78 Å². The number of hydrogen-bond acceptors (Lipinski definition) is 2. The van der Waals surface area contributed by atoms with E-state index in [1.165, 1.54) is 11.3 Å². The minimum absolute atomic E-state index is 0.0208. The second-order valence-electron chi connectivity index (χ2n) is 3.31. The predicted octanol–water partition coefficient (Wildman–Crippen LogP) is 2.64. The standard InChI is InChI=1S/C8H8ClF2NS/c9-6-1-5(2-13-6)7(4-12)3-8(7,10)11/h1-2H,3-4,12H2. The summed E-state index contributed by atoms with van der Waals surface area (Å²) in [6, 6.07) is 1.58. The Morgan fingerprint density at radius 2 is 2.23 bits per heavy atom. The van der Waals surface area contributed by atoms with E-state index in [0.717, 1.165) is 0 Å². The van der Waals surface area contributed by atoms with Crippen LogP contribution in [-0.2, 0) is 5.41 Å². The third-order valence-corrected chi connectivity index (χ3v) is 3.66.